The summed E-state index contributed by atoms with van der Waals surface area (Å²) in [6.07, 6.45) is 4.67. The maximum atomic E-state index is 13.1. The van der Waals surface area contributed by atoms with Crippen molar-refractivity contribution in [3.8, 4) is 0 Å². The summed E-state index contributed by atoms with van der Waals surface area (Å²) in [7, 11) is 0. The van der Waals surface area contributed by atoms with E-state index in [0.717, 1.165) is 44.1 Å². The average Bonchev–Trinajstić information content (AvgIpc) is 2.38. The first-order chi connectivity index (χ1) is 9.31. The van der Waals surface area contributed by atoms with Gasteiger partial charge in [0.05, 0.1) is 0 Å². The molecule has 0 amide bonds. The number of nitrogens with one attached hydrogen (secondary N) is 1. The van der Waals surface area contributed by atoms with Gasteiger partial charge in [-0.2, -0.15) is 0 Å². The van der Waals surface area contributed by atoms with Crippen molar-refractivity contribution in [2.75, 3.05) is 19.8 Å². The molecular formula is C16H22FNO. The Morgan fingerprint density at radius 2 is 2.00 bits per heavy atom. The monoisotopic (exact) mass is 263 g/mol. The number of hydrogen-bond donors (Lipinski definition) is 1. The first-order valence-electron chi connectivity index (χ1n) is 7.38. The first-order valence-corrected chi connectivity index (χ1v) is 7.38. The summed E-state index contributed by atoms with van der Waals surface area (Å²) in [5, 5.41) is 3.65. The molecule has 0 radical (unpaired) electrons. The predicted octanol–water partition coefficient (Wildman–Crippen LogP) is 3.09. The van der Waals surface area contributed by atoms with Crippen LogP contribution >= 0.6 is 0 Å². The molecule has 3 rings (SSSR count). The van der Waals surface area contributed by atoms with Crippen LogP contribution in [0.3, 0.4) is 0 Å². The smallest absolute Gasteiger partial charge is 0.123 e. The molecule has 1 aromatic carbocycles. The zero-order valence-corrected chi connectivity index (χ0v) is 11.3. The normalized spacial score (nSPS) is 28.1. The van der Waals surface area contributed by atoms with Crippen LogP contribution in [0.4, 0.5) is 4.39 Å². The van der Waals surface area contributed by atoms with Gasteiger partial charge < -0.3 is 10.1 Å². The minimum Gasteiger partial charge on any atom is -0.381 e. The molecule has 104 valence electrons. The van der Waals surface area contributed by atoms with Crippen molar-refractivity contribution in [3.05, 3.63) is 35.6 Å². The molecule has 0 bridgehead atoms. The molecule has 1 aliphatic heterocycles. The van der Waals surface area contributed by atoms with Crippen molar-refractivity contribution >= 4 is 0 Å². The van der Waals surface area contributed by atoms with Crippen LogP contribution in [0.15, 0.2) is 24.3 Å². The standard InChI is InChI=1S/C16H22FNO/c17-15-3-1-2-13(8-15)14-9-16(10-14)18-11-12-4-6-19-7-5-12/h1-3,8,12,14,16,18H,4-7,9-11H2. The Morgan fingerprint density at radius 1 is 1.21 bits per heavy atom. The maximum Gasteiger partial charge on any atom is 0.123 e. The van der Waals surface area contributed by atoms with E-state index in [4.69, 9.17) is 4.74 Å². The summed E-state index contributed by atoms with van der Waals surface area (Å²) >= 11 is 0. The fourth-order valence-electron chi connectivity index (χ4n) is 3.10. The van der Waals surface area contributed by atoms with Crippen LogP contribution in [-0.2, 0) is 4.74 Å². The third kappa shape index (κ3) is 3.34. The van der Waals surface area contributed by atoms with Crippen molar-refractivity contribution in [1.82, 2.24) is 5.32 Å². The maximum absolute atomic E-state index is 13.1. The largest absolute Gasteiger partial charge is 0.381 e. The number of rotatable bonds is 4. The van der Waals surface area contributed by atoms with Crippen LogP contribution in [0.2, 0.25) is 0 Å². The summed E-state index contributed by atoms with van der Waals surface area (Å²) in [4.78, 5) is 0. The molecule has 1 saturated carbocycles. The second-order valence-electron chi connectivity index (χ2n) is 5.88. The molecule has 1 aromatic rings. The summed E-state index contributed by atoms with van der Waals surface area (Å²) in [5.41, 5.74) is 1.16. The first kappa shape index (κ1) is 13.1. The van der Waals surface area contributed by atoms with E-state index >= 15 is 0 Å². The molecule has 1 saturated heterocycles. The van der Waals surface area contributed by atoms with Gasteiger partial charge in [0.2, 0.25) is 0 Å². The van der Waals surface area contributed by atoms with Crippen molar-refractivity contribution < 1.29 is 9.13 Å². The highest BCUT2D eigenvalue weighted by molar-refractivity contribution is 5.23. The Bertz CT molecular complexity index is 411. The second-order valence-corrected chi connectivity index (χ2v) is 5.88. The molecule has 2 aliphatic rings. The third-order valence-electron chi connectivity index (χ3n) is 4.49. The van der Waals surface area contributed by atoms with Crippen LogP contribution in [0, 0.1) is 11.7 Å². The quantitative estimate of drug-likeness (QED) is 0.901. The molecule has 1 aliphatic carbocycles. The summed E-state index contributed by atoms with van der Waals surface area (Å²) in [5.74, 6) is 1.21. The molecular weight excluding hydrogens is 241 g/mol. The summed E-state index contributed by atoms with van der Waals surface area (Å²) in [6.45, 7) is 2.95. The number of ether oxygens (including phenoxy) is 1. The molecule has 0 atom stereocenters. The zero-order chi connectivity index (χ0) is 13.1. The van der Waals surface area contributed by atoms with Crippen molar-refractivity contribution in [2.45, 2.75) is 37.6 Å². The van der Waals surface area contributed by atoms with Crippen molar-refractivity contribution in [3.63, 3.8) is 0 Å². The van der Waals surface area contributed by atoms with Crippen molar-refractivity contribution in [1.29, 1.82) is 0 Å². The molecule has 0 aromatic heterocycles. The predicted molar refractivity (Wildman–Crippen MR) is 73.7 cm³/mol. The van der Waals surface area contributed by atoms with E-state index in [-0.39, 0.29) is 5.82 Å². The highest BCUT2D eigenvalue weighted by Gasteiger charge is 2.30. The number of halogens is 1. The Morgan fingerprint density at radius 3 is 2.74 bits per heavy atom. The van der Waals surface area contributed by atoms with Gasteiger partial charge in [0.15, 0.2) is 0 Å². The van der Waals surface area contributed by atoms with Crippen LogP contribution in [0.1, 0.15) is 37.2 Å². The van der Waals surface area contributed by atoms with Crippen molar-refractivity contribution in [2.24, 2.45) is 5.92 Å². The van der Waals surface area contributed by atoms with Crippen LogP contribution < -0.4 is 5.32 Å². The number of benzene rings is 1. The van der Waals surface area contributed by atoms with Gasteiger partial charge in [0, 0.05) is 19.3 Å². The van der Waals surface area contributed by atoms with Crippen LogP contribution in [0.5, 0.6) is 0 Å². The van der Waals surface area contributed by atoms with E-state index in [1.807, 2.05) is 12.1 Å². The lowest BCUT2D eigenvalue weighted by molar-refractivity contribution is 0.0640. The van der Waals surface area contributed by atoms with Gasteiger partial charge in [-0.1, -0.05) is 12.1 Å². The Hall–Kier alpha value is -0.930. The third-order valence-corrected chi connectivity index (χ3v) is 4.49. The molecule has 0 spiro atoms. The van der Waals surface area contributed by atoms with Crippen LogP contribution in [0.25, 0.3) is 0 Å². The number of hydrogen-bond acceptors (Lipinski definition) is 2. The van der Waals surface area contributed by atoms with Gasteiger partial charge >= 0.3 is 0 Å². The molecule has 0 unspecified atom stereocenters. The second kappa shape index (κ2) is 6.02. The molecule has 1 N–H and O–H groups in total. The Balaban J connectivity index is 1.40. The fraction of sp³-hybridized carbons (Fsp3) is 0.625. The van der Waals surface area contributed by atoms with E-state index in [2.05, 4.69) is 5.32 Å². The van der Waals surface area contributed by atoms with Gasteiger partial charge in [-0.15, -0.1) is 0 Å². The summed E-state index contributed by atoms with van der Waals surface area (Å²) < 4.78 is 18.5. The molecule has 2 fully saturated rings. The molecule has 1 heterocycles. The zero-order valence-electron chi connectivity index (χ0n) is 11.3. The van der Waals surface area contributed by atoms with E-state index in [1.54, 1.807) is 6.07 Å². The van der Waals surface area contributed by atoms with E-state index in [0.29, 0.717) is 12.0 Å². The fourth-order valence-corrected chi connectivity index (χ4v) is 3.10. The Kier molecular flexibility index (Phi) is 4.14. The van der Waals surface area contributed by atoms with E-state index in [9.17, 15) is 4.39 Å². The molecule has 3 heteroatoms. The van der Waals surface area contributed by atoms with E-state index < -0.39 is 0 Å². The Labute approximate surface area is 114 Å². The SMILES string of the molecule is Fc1cccc(C2CC(NCC3CCOCC3)C2)c1. The van der Waals surface area contributed by atoms with Gasteiger partial charge in [0.25, 0.3) is 0 Å². The summed E-state index contributed by atoms with van der Waals surface area (Å²) in [6, 6.07) is 7.68. The minimum absolute atomic E-state index is 0.115. The average molecular weight is 263 g/mol. The topological polar surface area (TPSA) is 21.3 Å². The van der Waals surface area contributed by atoms with Gasteiger partial charge in [-0.25, -0.2) is 4.39 Å². The van der Waals surface area contributed by atoms with Crippen LogP contribution in [-0.4, -0.2) is 25.8 Å². The highest BCUT2D eigenvalue weighted by atomic mass is 19.1. The molecule has 2 nitrogen and oxygen atoms in total. The van der Waals surface area contributed by atoms with Gasteiger partial charge in [-0.05, 0) is 61.8 Å². The molecule has 19 heavy (non-hydrogen) atoms. The van der Waals surface area contributed by atoms with Gasteiger partial charge in [-0.3, -0.25) is 0 Å². The minimum atomic E-state index is -0.115. The lowest BCUT2D eigenvalue weighted by Gasteiger charge is -2.37. The lowest BCUT2D eigenvalue weighted by Crippen LogP contribution is -2.43. The lowest BCUT2D eigenvalue weighted by atomic mass is 9.75. The van der Waals surface area contributed by atoms with Gasteiger partial charge in [0.1, 0.15) is 5.82 Å². The van der Waals surface area contributed by atoms with E-state index in [1.165, 1.54) is 18.9 Å². The highest BCUT2D eigenvalue weighted by Crippen LogP contribution is 2.37.